The van der Waals surface area contributed by atoms with Crippen molar-refractivity contribution in [2.75, 3.05) is 19.4 Å². The average Bonchev–Trinajstić information content (AvgIpc) is 2.39. The summed E-state index contributed by atoms with van der Waals surface area (Å²) in [5, 5.41) is 2.76. The van der Waals surface area contributed by atoms with Crippen LogP contribution in [0.25, 0.3) is 0 Å². The van der Waals surface area contributed by atoms with Gasteiger partial charge >= 0.3 is 0 Å². The molecular formula is C14H22N2O3S. The molecule has 0 heterocycles. The van der Waals surface area contributed by atoms with Crippen LogP contribution in [0.2, 0.25) is 0 Å². The van der Waals surface area contributed by atoms with Gasteiger partial charge in [0.25, 0.3) is 0 Å². The normalized spacial score (nSPS) is 13.2. The van der Waals surface area contributed by atoms with E-state index in [9.17, 15) is 13.2 Å². The maximum absolute atomic E-state index is 12.0. The van der Waals surface area contributed by atoms with E-state index in [0.29, 0.717) is 5.69 Å². The first-order valence-corrected chi connectivity index (χ1v) is 8.06. The van der Waals surface area contributed by atoms with E-state index in [1.54, 1.807) is 12.1 Å². The van der Waals surface area contributed by atoms with Gasteiger partial charge in [0.1, 0.15) is 0 Å². The summed E-state index contributed by atoms with van der Waals surface area (Å²) < 4.78 is 25.2. The number of amides is 1. The van der Waals surface area contributed by atoms with Crippen LogP contribution in [0.3, 0.4) is 0 Å². The zero-order valence-corrected chi connectivity index (χ0v) is 13.2. The summed E-state index contributed by atoms with van der Waals surface area (Å²) in [5.41, 5.74) is 0.501. The van der Waals surface area contributed by atoms with E-state index in [2.05, 4.69) is 5.32 Å². The van der Waals surface area contributed by atoms with Crippen LogP contribution in [0.1, 0.15) is 26.7 Å². The zero-order chi connectivity index (χ0) is 15.3. The largest absolute Gasteiger partial charge is 0.326 e. The third-order valence-corrected chi connectivity index (χ3v) is 4.86. The maximum Gasteiger partial charge on any atom is 0.242 e. The minimum atomic E-state index is -3.48. The molecule has 5 nitrogen and oxygen atoms in total. The van der Waals surface area contributed by atoms with Crippen molar-refractivity contribution in [2.24, 2.45) is 5.92 Å². The van der Waals surface area contributed by atoms with Gasteiger partial charge in [-0.15, -0.1) is 0 Å². The Bertz CT molecular complexity index is 568. The van der Waals surface area contributed by atoms with Crippen LogP contribution in [0.5, 0.6) is 0 Å². The van der Waals surface area contributed by atoms with Gasteiger partial charge in [-0.2, -0.15) is 0 Å². The summed E-state index contributed by atoms with van der Waals surface area (Å²) in [5.74, 6) is -0.180. The number of sulfonamides is 1. The number of rotatable bonds is 6. The third-order valence-electron chi connectivity index (χ3n) is 3.05. The number of hydrogen-bond acceptors (Lipinski definition) is 3. The molecule has 112 valence electrons. The van der Waals surface area contributed by atoms with E-state index < -0.39 is 10.0 Å². The Kier molecular flexibility index (Phi) is 5.71. The molecule has 1 amide bonds. The molecule has 1 aromatic carbocycles. The number of carbonyl (C=O) groups excluding carboxylic acids is 1. The van der Waals surface area contributed by atoms with Crippen LogP contribution in [-0.4, -0.2) is 32.7 Å². The van der Waals surface area contributed by atoms with E-state index in [4.69, 9.17) is 0 Å². The fraction of sp³-hybridized carbons (Fsp3) is 0.500. The molecule has 0 radical (unpaired) electrons. The van der Waals surface area contributed by atoms with Gasteiger partial charge in [0.2, 0.25) is 15.9 Å². The Morgan fingerprint density at radius 2 is 2.00 bits per heavy atom. The molecule has 1 atom stereocenters. The second-order valence-corrected chi connectivity index (χ2v) is 7.15. The van der Waals surface area contributed by atoms with Crippen LogP contribution in [0.4, 0.5) is 5.69 Å². The molecule has 0 aliphatic carbocycles. The Morgan fingerprint density at radius 1 is 1.35 bits per heavy atom. The molecule has 1 aromatic rings. The maximum atomic E-state index is 12.0. The number of benzene rings is 1. The molecule has 0 aromatic heterocycles. The van der Waals surface area contributed by atoms with E-state index in [0.717, 1.165) is 17.1 Å². The summed E-state index contributed by atoms with van der Waals surface area (Å²) >= 11 is 0. The summed E-state index contributed by atoms with van der Waals surface area (Å²) in [7, 11) is -0.531. The molecule has 20 heavy (non-hydrogen) atoms. The van der Waals surface area contributed by atoms with Crippen molar-refractivity contribution in [3.05, 3.63) is 24.3 Å². The molecule has 6 heteroatoms. The van der Waals surface area contributed by atoms with Gasteiger partial charge in [0.05, 0.1) is 4.90 Å². The van der Waals surface area contributed by atoms with Crippen LogP contribution >= 0.6 is 0 Å². The number of nitrogens with one attached hydrogen (secondary N) is 1. The third kappa shape index (κ3) is 4.05. The number of anilines is 1. The first kappa shape index (κ1) is 16.7. The van der Waals surface area contributed by atoms with Crippen LogP contribution in [0, 0.1) is 5.92 Å². The highest BCUT2D eigenvalue weighted by atomic mass is 32.2. The zero-order valence-electron chi connectivity index (χ0n) is 12.4. The Hall–Kier alpha value is -1.40. The summed E-state index contributed by atoms with van der Waals surface area (Å²) in [6, 6.07) is 6.30. The van der Waals surface area contributed by atoms with Gasteiger partial charge in [-0.05, 0) is 24.6 Å². The lowest BCUT2D eigenvalue weighted by Gasteiger charge is -2.14. The molecule has 1 N–H and O–H groups in total. The van der Waals surface area contributed by atoms with Crippen LogP contribution in [0.15, 0.2) is 29.2 Å². The molecule has 0 bridgehead atoms. The van der Waals surface area contributed by atoms with Crippen molar-refractivity contribution in [3.63, 3.8) is 0 Å². The molecule has 0 spiro atoms. The Labute approximate surface area is 121 Å². The summed E-state index contributed by atoms with van der Waals surface area (Å²) in [4.78, 5) is 12.1. The number of hydrogen-bond donors (Lipinski definition) is 1. The lowest BCUT2D eigenvalue weighted by molar-refractivity contribution is -0.119. The van der Waals surface area contributed by atoms with E-state index >= 15 is 0 Å². The van der Waals surface area contributed by atoms with Crippen molar-refractivity contribution in [1.82, 2.24) is 4.31 Å². The van der Waals surface area contributed by atoms with E-state index in [1.807, 2.05) is 13.8 Å². The van der Waals surface area contributed by atoms with Crippen molar-refractivity contribution >= 4 is 21.6 Å². The quantitative estimate of drug-likeness (QED) is 0.876. The fourth-order valence-electron chi connectivity index (χ4n) is 1.77. The predicted octanol–water partition coefficient (Wildman–Crippen LogP) is 2.31. The average molecular weight is 298 g/mol. The Balaban J connectivity index is 2.92. The first-order chi connectivity index (χ1) is 9.28. The van der Waals surface area contributed by atoms with Crippen molar-refractivity contribution in [2.45, 2.75) is 31.6 Å². The molecule has 0 saturated heterocycles. The molecule has 0 fully saturated rings. The van der Waals surface area contributed by atoms with Crippen LogP contribution < -0.4 is 5.32 Å². The van der Waals surface area contributed by atoms with Gasteiger partial charge < -0.3 is 5.32 Å². The minimum Gasteiger partial charge on any atom is -0.326 e. The second-order valence-electron chi connectivity index (χ2n) is 4.99. The lowest BCUT2D eigenvalue weighted by Crippen LogP contribution is -2.23. The molecular weight excluding hydrogens is 276 g/mol. The van der Waals surface area contributed by atoms with Crippen molar-refractivity contribution in [3.8, 4) is 0 Å². The smallest absolute Gasteiger partial charge is 0.242 e. The van der Waals surface area contributed by atoms with E-state index in [1.165, 1.54) is 26.2 Å². The first-order valence-electron chi connectivity index (χ1n) is 6.62. The van der Waals surface area contributed by atoms with Crippen LogP contribution in [-0.2, 0) is 14.8 Å². The number of carbonyl (C=O) groups is 1. The predicted molar refractivity (Wildman–Crippen MR) is 80.0 cm³/mol. The molecule has 1 rings (SSSR count). The van der Waals surface area contributed by atoms with Gasteiger partial charge in [0, 0.05) is 25.7 Å². The van der Waals surface area contributed by atoms with Crippen molar-refractivity contribution in [1.29, 1.82) is 0 Å². The Morgan fingerprint density at radius 3 is 2.55 bits per heavy atom. The second kappa shape index (κ2) is 6.85. The minimum absolute atomic E-state index is 0.0888. The molecule has 0 aliphatic rings. The molecule has 0 saturated carbocycles. The summed E-state index contributed by atoms with van der Waals surface area (Å²) in [6.45, 7) is 3.88. The standard InChI is InChI=1S/C14H22N2O3S/c1-5-7-11(2)14(17)15-12-8-6-9-13(10-12)20(18,19)16(3)4/h6,8-11H,5,7H2,1-4H3,(H,15,17)/t11-/m0/s1. The van der Waals surface area contributed by atoms with E-state index in [-0.39, 0.29) is 16.7 Å². The lowest BCUT2D eigenvalue weighted by atomic mass is 10.1. The number of nitrogens with zero attached hydrogens (tertiary/aromatic N) is 1. The summed E-state index contributed by atoms with van der Waals surface area (Å²) in [6.07, 6.45) is 1.74. The molecule has 0 aliphatic heterocycles. The topological polar surface area (TPSA) is 66.5 Å². The highest BCUT2D eigenvalue weighted by Crippen LogP contribution is 2.19. The highest BCUT2D eigenvalue weighted by Gasteiger charge is 2.18. The van der Waals surface area contributed by atoms with Gasteiger partial charge in [0.15, 0.2) is 0 Å². The van der Waals surface area contributed by atoms with Gasteiger partial charge in [-0.3, -0.25) is 4.79 Å². The SMILES string of the molecule is CCC[C@H](C)C(=O)Nc1cccc(S(=O)(=O)N(C)C)c1. The molecule has 0 unspecified atom stereocenters. The fourth-order valence-corrected chi connectivity index (χ4v) is 2.72. The van der Waals surface area contributed by atoms with Gasteiger partial charge in [-0.25, -0.2) is 12.7 Å². The van der Waals surface area contributed by atoms with Gasteiger partial charge in [-0.1, -0.05) is 26.3 Å². The monoisotopic (exact) mass is 298 g/mol. The highest BCUT2D eigenvalue weighted by molar-refractivity contribution is 7.89. The van der Waals surface area contributed by atoms with Crippen molar-refractivity contribution < 1.29 is 13.2 Å².